The second-order valence-electron chi connectivity index (χ2n) is 10.3. The molecular weight excluding hydrogens is 410 g/mol. The summed E-state index contributed by atoms with van der Waals surface area (Å²) in [4.78, 5) is 21.8. The predicted octanol–water partition coefficient (Wildman–Crippen LogP) is 4.68. The van der Waals surface area contributed by atoms with E-state index >= 15 is 0 Å². The molecule has 0 spiro atoms. The number of fused-ring (bicyclic) bond motifs is 1. The quantitative estimate of drug-likeness (QED) is 0.697. The lowest BCUT2D eigenvalue weighted by atomic mass is 9.89. The standard InChI is InChI=1S/C28H37N3O2/c32-28(33)27(24-7-2-1-3-8-24)31-18-12-21(13-19-31)20-30-16-14-23(15-17-30)26-11-10-22-6-4-5-9-25(22)29-26/h1-3,7-8,10-11,21,23,27H,4-6,9,12-20H2,(H,32,33)/t27-/m0/s1. The van der Waals surface area contributed by atoms with Crippen molar-refractivity contribution < 1.29 is 9.90 Å². The maximum Gasteiger partial charge on any atom is 0.325 e. The van der Waals surface area contributed by atoms with Gasteiger partial charge in [0.05, 0.1) is 0 Å². The zero-order chi connectivity index (χ0) is 22.6. The van der Waals surface area contributed by atoms with Crippen LogP contribution in [0.4, 0.5) is 0 Å². The van der Waals surface area contributed by atoms with Gasteiger partial charge in [0.1, 0.15) is 6.04 Å². The van der Waals surface area contributed by atoms with Crippen molar-refractivity contribution in [2.75, 3.05) is 32.7 Å². The second kappa shape index (κ2) is 10.4. The number of aromatic nitrogens is 1. The fourth-order valence-corrected chi connectivity index (χ4v) is 6.14. The highest BCUT2D eigenvalue weighted by atomic mass is 16.4. The topological polar surface area (TPSA) is 56.7 Å². The molecule has 0 unspecified atom stereocenters. The molecule has 176 valence electrons. The van der Waals surface area contributed by atoms with Crippen LogP contribution in [0.3, 0.4) is 0 Å². The van der Waals surface area contributed by atoms with Gasteiger partial charge in [-0.2, -0.15) is 0 Å². The van der Waals surface area contributed by atoms with Crippen LogP contribution < -0.4 is 0 Å². The number of nitrogens with zero attached hydrogens (tertiary/aromatic N) is 3. The van der Waals surface area contributed by atoms with E-state index in [4.69, 9.17) is 4.98 Å². The van der Waals surface area contributed by atoms with Crippen LogP contribution in [-0.2, 0) is 17.6 Å². The van der Waals surface area contributed by atoms with Crippen LogP contribution in [-0.4, -0.2) is 58.6 Å². The summed E-state index contributed by atoms with van der Waals surface area (Å²) in [6, 6.07) is 13.8. The fourth-order valence-electron chi connectivity index (χ4n) is 6.14. The number of hydrogen-bond donors (Lipinski definition) is 1. The molecule has 1 atom stereocenters. The highest BCUT2D eigenvalue weighted by molar-refractivity contribution is 5.75. The molecule has 5 rings (SSSR count). The Labute approximate surface area is 197 Å². The summed E-state index contributed by atoms with van der Waals surface area (Å²) in [6.45, 7) is 5.20. The van der Waals surface area contributed by atoms with Gasteiger partial charge in [-0.15, -0.1) is 0 Å². The molecule has 0 amide bonds. The molecule has 3 heterocycles. The first-order valence-electron chi connectivity index (χ1n) is 12.9. The lowest BCUT2D eigenvalue weighted by molar-refractivity contribution is -0.144. The van der Waals surface area contributed by atoms with E-state index in [1.165, 1.54) is 49.1 Å². The van der Waals surface area contributed by atoms with Crippen molar-refractivity contribution in [1.82, 2.24) is 14.8 Å². The van der Waals surface area contributed by atoms with Crippen molar-refractivity contribution in [2.24, 2.45) is 5.92 Å². The summed E-state index contributed by atoms with van der Waals surface area (Å²) in [7, 11) is 0. The van der Waals surface area contributed by atoms with Crippen molar-refractivity contribution in [3.63, 3.8) is 0 Å². The average Bonchev–Trinajstić information content (AvgIpc) is 2.86. The number of rotatable bonds is 6. The molecule has 0 saturated carbocycles. The molecule has 2 fully saturated rings. The molecule has 3 aliphatic rings. The minimum Gasteiger partial charge on any atom is -0.480 e. The van der Waals surface area contributed by atoms with Crippen LogP contribution in [0.15, 0.2) is 42.5 Å². The first-order valence-corrected chi connectivity index (χ1v) is 12.9. The third kappa shape index (κ3) is 5.30. The van der Waals surface area contributed by atoms with Gasteiger partial charge in [-0.25, -0.2) is 0 Å². The van der Waals surface area contributed by atoms with Crippen LogP contribution in [0.25, 0.3) is 0 Å². The Morgan fingerprint density at radius 2 is 1.67 bits per heavy atom. The van der Waals surface area contributed by atoms with E-state index in [1.807, 2.05) is 30.3 Å². The number of likely N-dealkylation sites (tertiary alicyclic amines) is 2. The number of carboxylic acids is 1. The van der Waals surface area contributed by atoms with Crippen LogP contribution in [0.2, 0.25) is 0 Å². The smallest absolute Gasteiger partial charge is 0.325 e. The van der Waals surface area contributed by atoms with Crippen molar-refractivity contribution in [1.29, 1.82) is 0 Å². The van der Waals surface area contributed by atoms with Crippen LogP contribution in [0.5, 0.6) is 0 Å². The lowest BCUT2D eigenvalue weighted by Crippen LogP contribution is -2.44. The lowest BCUT2D eigenvalue weighted by Gasteiger charge is -2.39. The maximum atomic E-state index is 12.0. The largest absolute Gasteiger partial charge is 0.480 e. The van der Waals surface area contributed by atoms with Gasteiger partial charge in [-0.3, -0.25) is 14.7 Å². The van der Waals surface area contributed by atoms with E-state index in [2.05, 4.69) is 21.9 Å². The van der Waals surface area contributed by atoms with Gasteiger partial charge >= 0.3 is 5.97 Å². The van der Waals surface area contributed by atoms with Gasteiger partial charge < -0.3 is 10.0 Å². The highest BCUT2D eigenvalue weighted by Gasteiger charge is 2.32. The number of piperidine rings is 2. The summed E-state index contributed by atoms with van der Waals surface area (Å²) in [5, 5.41) is 9.84. The van der Waals surface area contributed by atoms with Crippen molar-refractivity contribution in [3.05, 3.63) is 65.0 Å². The van der Waals surface area contributed by atoms with E-state index in [9.17, 15) is 9.90 Å². The summed E-state index contributed by atoms with van der Waals surface area (Å²) in [5.74, 6) is 0.542. The minimum absolute atomic E-state index is 0.521. The van der Waals surface area contributed by atoms with Gasteiger partial charge in [0.25, 0.3) is 0 Å². The molecule has 2 aliphatic heterocycles. The number of hydrogen-bond acceptors (Lipinski definition) is 4. The molecule has 1 aromatic carbocycles. The van der Waals surface area contributed by atoms with Gasteiger partial charge in [-0.1, -0.05) is 36.4 Å². The first-order chi connectivity index (χ1) is 16.2. The summed E-state index contributed by atoms with van der Waals surface area (Å²) in [5.41, 5.74) is 5.06. The average molecular weight is 448 g/mol. The molecule has 5 heteroatoms. The number of aryl methyl sites for hydroxylation is 2. The number of carboxylic acid groups (broad SMARTS) is 1. The summed E-state index contributed by atoms with van der Waals surface area (Å²) < 4.78 is 0. The van der Waals surface area contributed by atoms with E-state index in [1.54, 1.807) is 0 Å². The Kier molecular flexibility index (Phi) is 7.07. The third-order valence-corrected chi connectivity index (χ3v) is 8.09. The number of benzene rings is 1. The SMILES string of the molecule is O=C(O)[C@H](c1ccccc1)N1CCC(CN2CCC(c3ccc4c(n3)CCCC4)CC2)CC1. The number of pyridine rings is 1. The van der Waals surface area contributed by atoms with Crippen LogP contribution in [0, 0.1) is 5.92 Å². The Morgan fingerprint density at radius 3 is 2.39 bits per heavy atom. The monoisotopic (exact) mass is 447 g/mol. The Hall–Kier alpha value is -2.24. The van der Waals surface area contributed by atoms with E-state index in [-0.39, 0.29) is 0 Å². The van der Waals surface area contributed by atoms with Crippen molar-refractivity contribution in [3.8, 4) is 0 Å². The van der Waals surface area contributed by atoms with Gasteiger partial charge in [0.15, 0.2) is 0 Å². The normalized spacial score (nSPS) is 22.1. The predicted molar refractivity (Wildman–Crippen MR) is 130 cm³/mol. The van der Waals surface area contributed by atoms with Gasteiger partial charge in [0.2, 0.25) is 0 Å². The van der Waals surface area contributed by atoms with Crippen molar-refractivity contribution >= 4 is 5.97 Å². The van der Waals surface area contributed by atoms with E-state index in [0.717, 1.165) is 57.5 Å². The highest BCUT2D eigenvalue weighted by Crippen LogP contribution is 2.32. The first kappa shape index (κ1) is 22.5. The number of aliphatic carboxylic acids is 1. The Bertz CT molecular complexity index is 931. The molecule has 0 bridgehead atoms. The molecule has 5 nitrogen and oxygen atoms in total. The van der Waals surface area contributed by atoms with Crippen molar-refractivity contribution in [2.45, 2.75) is 63.3 Å². The zero-order valence-corrected chi connectivity index (χ0v) is 19.7. The minimum atomic E-state index is -0.738. The van der Waals surface area contributed by atoms with Crippen LogP contribution in [0.1, 0.15) is 73.0 Å². The zero-order valence-electron chi connectivity index (χ0n) is 19.7. The molecule has 33 heavy (non-hydrogen) atoms. The number of carbonyl (C=O) groups is 1. The fraction of sp³-hybridized carbons (Fsp3) is 0.571. The van der Waals surface area contributed by atoms with E-state index in [0.29, 0.717) is 11.8 Å². The van der Waals surface area contributed by atoms with E-state index < -0.39 is 12.0 Å². The van der Waals surface area contributed by atoms with Crippen LogP contribution >= 0.6 is 0 Å². The molecule has 1 aliphatic carbocycles. The molecule has 2 saturated heterocycles. The Balaban J connectivity index is 1.10. The molecule has 0 radical (unpaired) electrons. The maximum absolute atomic E-state index is 12.0. The molecular formula is C28H37N3O2. The summed E-state index contributed by atoms with van der Waals surface area (Å²) in [6.07, 6.45) is 9.56. The molecule has 2 aromatic rings. The van der Waals surface area contributed by atoms with Gasteiger partial charge in [0, 0.05) is 23.9 Å². The third-order valence-electron chi connectivity index (χ3n) is 8.09. The molecule has 1 N–H and O–H groups in total. The summed E-state index contributed by atoms with van der Waals surface area (Å²) >= 11 is 0. The Morgan fingerprint density at radius 1 is 0.939 bits per heavy atom. The van der Waals surface area contributed by atoms with Gasteiger partial charge in [-0.05, 0) is 101 Å². The second-order valence-corrected chi connectivity index (χ2v) is 10.3. The molecule has 1 aromatic heterocycles.